The smallest absolute Gasteiger partial charge is 0.411 e. The van der Waals surface area contributed by atoms with Crippen LogP contribution < -0.4 is 5.32 Å². The summed E-state index contributed by atoms with van der Waals surface area (Å²) in [5.41, 5.74) is 3.74. The molecule has 0 saturated heterocycles. The van der Waals surface area contributed by atoms with Crippen molar-refractivity contribution in [2.45, 2.75) is 13.8 Å². The molecule has 0 bridgehead atoms. The maximum atomic E-state index is 11.5. The number of nitrogens with zero attached hydrogens (tertiary/aromatic N) is 2. The number of aromatic nitrogens is 3. The number of pyridine rings is 1. The number of hydrogen-bond acceptors (Lipinski definition) is 4. The number of halogens is 1. The summed E-state index contributed by atoms with van der Waals surface area (Å²) >= 11 is 6.26. The Labute approximate surface area is 137 Å². The zero-order valence-corrected chi connectivity index (χ0v) is 13.4. The van der Waals surface area contributed by atoms with E-state index in [1.54, 1.807) is 31.3 Å². The minimum absolute atomic E-state index is 0.306. The Hall–Kier alpha value is -2.60. The molecular formula is C16H15ClN4O2. The molecule has 0 fully saturated rings. The number of hydrogen-bond donors (Lipinski definition) is 2. The van der Waals surface area contributed by atoms with Crippen molar-refractivity contribution in [3.05, 3.63) is 41.0 Å². The quantitative estimate of drug-likeness (QED) is 0.755. The number of nitrogens with one attached hydrogen (secondary N) is 2. The summed E-state index contributed by atoms with van der Waals surface area (Å²) in [5.74, 6) is 0.593. The molecule has 0 aliphatic carbocycles. The van der Waals surface area contributed by atoms with Gasteiger partial charge in [0.15, 0.2) is 5.65 Å². The van der Waals surface area contributed by atoms with Crippen molar-refractivity contribution in [3.8, 4) is 11.4 Å². The molecule has 2 heterocycles. The maximum Gasteiger partial charge on any atom is 0.411 e. The van der Waals surface area contributed by atoms with Crippen LogP contribution in [0.1, 0.15) is 12.5 Å². The lowest BCUT2D eigenvalue weighted by molar-refractivity contribution is 0.168. The van der Waals surface area contributed by atoms with Crippen LogP contribution in [0.4, 0.5) is 10.5 Å². The van der Waals surface area contributed by atoms with Gasteiger partial charge in [0.1, 0.15) is 5.82 Å². The van der Waals surface area contributed by atoms with E-state index in [-0.39, 0.29) is 0 Å². The first-order valence-electron chi connectivity index (χ1n) is 7.13. The molecule has 23 heavy (non-hydrogen) atoms. The number of amides is 1. The Kier molecular flexibility index (Phi) is 4.16. The number of rotatable bonds is 3. The van der Waals surface area contributed by atoms with Crippen molar-refractivity contribution in [3.63, 3.8) is 0 Å². The number of ether oxygens (including phenoxy) is 1. The van der Waals surface area contributed by atoms with Crippen LogP contribution >= 0.6 is 11.6 Å². The molecule has 2 aromatic heterocycles. The molecule has 118 valence electrons. The van der Waals surface area contributed by atoms with Gasteiger partial charge in [-0.05, 0) is 43.7 Å². The third-order valence-electron chi connectivity index (χ3n) is 3.22. The number of fused-ring (bicyclic) bond motifs is 1. The second kappa shape index (κ2) is 6.26. The minimum Gasteiger partial charge on any atom is -0.450 e. The Balaban J connectivity index is 1.98. The van der Waals surface area contributed by atoms with Gasteiger partial charge in [0.2, 0.25) is 0 Å². The molecule has 0 saturated carbocycles. The molecule has 0 atom stereocenters. The number of carbonyl (C=O) groups is 1. The fraction of sp³-hybridized carbons (Fsp3) is 0.188. The average Bonchev–Trinajstić information content (AvgIpc) is 2.92. The van der Waals surface area contributed by atoms with Crippen molar-refractivity contribution in [1.82, 2.24) is 15.0 Å². The predicted molar refractivity (Wildman–Crippen MR) is 89.7 cm³/mol. The van der Waals surface area contributed by atoms with E-state index in [0.29, 0.717) is 34.4 Å². The van der Waals surface area contributed by atoms with E-state index in [0.717, 1.165) is 11.1 Å². The van der Waals surface area contributed by atoms with Crippen molar-refractivity contribution < 1.29 is 9.53 Å². The van der Waals surface area contributed by atoms with E-state index in [9.17, 15) is 4.79 Å². The van der Waals surface area contributed by atoms with E-state index in [1.165, 1.54) is 0 Å². The zero-order valence-electron chi connectivity index (χ0n) is 12.7. The fourth-order valence-electron chi connectivity index (χ4n) is 2.20. The number of aryl methyl sites for hydroxylation is 1. The second-order valence-corrected chi connectivity index (χ2v) is 5.42. The summed E-state index contributed by atoms with van der Waals surface area (Å²) in [5, 5.41) is 3.17. The molecule has 0 unspecified atom stereocenters. The van der Waals surface area contributed by atoms with Crippen molar-refractivity contribution >= 4 is 34.5 Å². The first-order valence-corrected chi connectivity index (χ1v) is 7.50. The van der Waals surface area contributed by atoms with Gasteiger partial charge in [0.05, 0.1) is 17.1 Å². The lowest BCUT2D eigenvalue weighted by Gasteiger charge is -2.07. The van der Waals surface area contributed by atoms with Crippen LogP contribution in [0.3, 0.4) is 0 Å². The number of imidazole rings is 1. The third kappa shape index (κ3) is 3.27. The Morgan fingerprint density at radius 2 is 2.22 bits per heavy atom. The first kappa shape index (κ1) is 15.3. The first-order chi connectivity index (χ1) is 11.1. The molecular weight excluding hydrogens is 316 g/mol. The zero-order chi connectivity index (χ0) is 16.4. The minimum atomic E-state index is -0.511. The summed E-state index contributed by atoms with van der Waals surface area (Å²) in [7, 11) is 0. The molecule has 7 heteroatoms. The average molecular weight is 331 g/mol. The van der Waals surface area contributed by atoms with Crippen LogP contribution in [0, 0.1) is 6.92 Å². The van der Waals surface area contributed by atoms with Gasteiger partial charge in [-0.25, -0.2) is 14.8 Å². The fourth-order valence-corrected chi connectivity index (χ4v) is 2.41. The van der Waals surface area contributed by atoms with Gasteiger partial charge >= 0.3 is 6.09 Å². The molecule has 6 nitrogen and oxygen atoms in total. The summed E-state index contributed by atoms with van der Waals surface area (Å²) in [6.07, 6.45) is 1.25. The largest absolute Gasteiger partial charge is 0.450 e. The predicted octanol–water partition coefficient (Wildman–Crippen LogP) is 4.16. The third-order valence-corrected chi connectivity index (χ3v) is 3.55. The van der Waals surface area contributed by atoms with Crippen molar-refractivity contribution in [2.75, 3.05) is 11.9 Å². The highest BCUT2D eigenvalue weighted by atomic mass is 35.5. The van der Waals surface area contributed by atoms with Gasteiger partial charge in [-0.15, -0.1) is 0 Å². The van der Waals surface area contributed by atoms with Crippen LogP contribution in [-0.2, 0) is 4.74 Å². The second-order valence-electron chi connectivity index (χ2n) is 5.01. The molecule has 0 aliphatic heterocycles. The molecule has 0 radical (unpaired) electrons. The highest BCUT2D eigenvalue weighted by Crippen LogP contribution is 2.30. The molecule has 0 spiro atoms. The topological polar surface area (TPSA) is 79.9 Å². The van der Waals surface area contributed by atoms with Crippen LogP contribution in [0.2, 0.25) is 5.02 Å². The van der Waals surface area contributed by atoms with E-state index in [1.807, 2.05) is 13.0 Å². The summed E-state index contributed by atoms with van der Waals surface area (Å²) in [4.78, 5) is 23.4. The van der Waals surface area contributed by atoms with Crippen LogP contribution in [0.25, 0.3) is 22.6 Å². The number of benzene rings is 1. The van der Waals surface area contributed by atoms with Crippen LogP contribution in [0.5, 0.6) is 0 Å². The molecule has 2 N–H and O–H groups in total. The van der Waals surface area contributed by atoms with Crippen LogP contribution in [-0.4, -0.2) is 27.7 Å². The van der Waals surface area contributed by atoms with Gasteiger partial charge in [-0.2, -0.15) is 0 Å². The van der Waals surface area contributed by atoms with Gasteiger partial charge < -0.3 is 9.72 Å². The molecule has 1 aromatic carbocycles. The van der Waals surface area contributed by atoms with E-state index < -0.39 is 6.09 Å². The summed E-state index contributed by atoms with van der Waals surface area (Å²) in [6, 6.07) is 7.11. The highest BCUT2D eigenvalue weighted by Gasteiger charge is 2.12. The van der Waals surface area contributed by atoms with E-state index >= 15 is 0 Å². The Bertz CT molecular complexity index is 876. The maximum absolute atomic E-state index is 11.5. The molecule has 1 amide bonds. The normalized spacial score (nSPS) is 10.7. The number of aromatic amines is 1. The Morgan fingerprint density at radius 3 is 3.00 bits per heavy atom. The highest BCUT2D eigenvalue weighted by molar-refractivity contribution is 6.33. The lowest BCUT2D eigenvalue weighted by Crippen LogP contribution is -2.13. The van der Waals surface area contributed by atoms with Crippen LogP contribution in [0.15, 0.2) is 30.5 Å². The summed E-state index contributed by atoms with van der Waals surface area (Å²) in [6.45, 7) is 4.01. The standard InChI is InChI=1S/C16H15ClN4O2/c1-3-23-16(22)19-10-4-5-12(17)11(7-10)14-20-13-6-9(2)8-18-15(13)21-14/h4-8H,3H2,1-2H3,(H,19,22)(H,18,20,21). The molecule has 0 aliphatic rings. The SMILES string of the molecule is CCOC(=O)Nc1ccc(Cl)c(-c2nc3ncc(C)cc3[nH]2)c1. The number of carbonyl (C=O) groups excluding carboxylic acids is 1. The Morgan fingerprint density at radius 1 is 1.39 bits per heavy atom. The van der Waals surface area contributed by atoms with Crippen molar-refractivity contribution in [1.29, 1.82) is 0 Å². The van der Waals surface area contributed by atoms with Crippen molar-refractivity contribution in [2.24, 2.45) is 0 Å². The van der Waals surface area contributed by atoms with Gasteiger partial charge in [-0.1, -0.05) is 11.6 Å². The lowest BCUT2D eigenvalue weighted by atomic mass is 10.2. The summed E-state index contributed by atoms with van der Waals surface area (Å²) < 4.78 is 4.87. The van der Waals surface area contributed by atoms with E-state index in [2.05, 4.69) is 20.3 Å². The van der Waals surface area contributed by atoms with Gasteiger partial charge in [-0.3, -0.25) is 5.32 Å². The van der Waals surface area contributed by atoms with E-state index in [4.69, 9.17) is 16.3 Å². The van der Waals surface area contributed by atoms with Gasteiger partial charge in [0.25, 0.3) is 0 Å². The number of H-pyrrole nitrogens is 1. The monoisotopic (exact) mass is 330 g/mol. The number of anilines is 1. The molecule has 3 rings (SSSR count). The molecule has 3 aromatic rings. The van der Waals surface area contributed by atoms with Gasteiger partial charge in [0, 0.05) is 17.4 Å².